The van der Waals surface area contributed by atoms with Gasteiger partial charge in [-0.15, -0.1) is 11.8 Å². The highest BCUT2D eigenvalue weighted by atomic mass is 79.9. The van der Waals surface area contributed by atoms with Crippen molar-refractivity contribution in [1.82, 2.24) is 15.0 Å². The number of anilines is 1. The van der Waals surface area contributed by atoms with Gasteiger partial charge in [-0.1, -0.05) is 76.6 Å². The Labute approximate surface area is 238 Å². The van der Waals surface area contributed by atoms with Gasteiger partial charge in [-0.3, -0.25) is 9.69 Å². The van der Waals surface area contributed by atoms with Crippen LogP contribution < -0.4 is 9.64 Å². The van der Waals surface area contributed by atoms with E-state index in [9.17, 15) is 4.79 Å². The van der Waals surface area contributed by atoms with Crippen LogP contribution >= 0.6 is 27.7 Å². The lowest BCUT2D eigenvalue weighted by atomic mass is 9.71. The number of halogens is 1. The van der Waals surface area contributed by atoms with E-state index in [2.05, 4.69) is 39.2 Å². The molecule has 1 fully saturated rings. The number of hydrogen-bond acceptors (Lipinski definition) is 5. The molecule has 3 unspecified atom stereocenters. The number of β-lactam (4-membered cyclic amide) rings is 1. The van der Waals surface area contributed by atoms with E-state index in [0.717, 1.165) is 32.0 Å². The van der Waals surface area contributed by atoms with Crippen LogP contribution in [0, 0.1) is 0 Å². The fraction of sp³-hybridized carbons (Fsp3) is 0.129. The summed E-state index contributed by atoms with van der Waals surface area (Å²) < 4.78 is 7.47. The van der Waals surface area contributed by atoms with Crippen LogP contribution in [-0.2, 0) is 10.3 Å². The molecule has 39 heavy (non-hydrogen) atoms. The summed E-state index contributed by atoms with van der Waals surface area (Å²) in [7, 11) is 0. The quantitative estimate of drug-likeness (QED) is 0.206. The van der Waals surface area contributed by atoms with Gasteiger partial charge < -0.3 is 4.74 Å². The lowest BCUT2D eigenvalue weighted by Crippen LogP contribution is -2.74. The maximum Gasteiger partial charge on any atom is 0.271 e. The van der Waals surface area contributed by atoms with Crippen molar-refractivity contribution in [2.45, 2.75) is 28.2 Å². The lowest BCUT2D eigenvalue weighted by molar-refractivity contribution is -0.142. The molecule has 7 rings (SSSR count). The van der Waals surface area contributed by atoms with Crippen molar-refractivity contribution < 1.29 is 9.53 Å². The maximum absolute atomic E-state index is 13.9. The van der Waals surface area contributed by atoms with Gasteiger partial charge in [0.15, 0.2) is 0 Å². The average Bonchev–Trinajstić information content (AvgIpc) is 3.43. The van der Waals surface area contributed by atoms with Gasteiger partial charge in [-0.2, -0.15) is 15.0 Å². The Hall–Kier alpha value is -3.88. The highest BCUT2D eigenvalue weighted by molar-refractivity contribution is 9.10. The molecule has 8 heteroatoms. The van der Waals surface area contributed by atoms with Crippen molar-refractivity contribution in [3.8, 4) is 11.4 Å². The number of benzene rings is 4. The molecule has 192 valence electrons. The number of para-hydroxylation sites is 3. The Bertz CT molecular complexity index is 1640. The van der Waals surface area contributed by atoms with Crippen molar-refractivity contribution in [3.63, 3.8) is 0 Å². The molecule has 4 aromatic carbocycles. The van der Waals surface area contributed by atoms with Gasteiger partial charge in [0.25, 0.3) is 5.91 Å². The SMILES string of the molecule is O=C1C(Oc2ccccc2)C2(c3ccc(Br)cc3)CC(c3cnn(-c4ccccc4)n3)Sc3ccccc3N12. The van der Waals surface area contributed by atoms with Gasteiger partial charge in [0, 0.05) is 9.37 Å². The van der Waals surface area contributed by atoms with E-state index in [-0.39, 0.29) is 11.2 Å². The molecule has 0 aliphatic carbocycles. The van der Waals surface area contributed by atoms with Crippen LogP contribution in [0.4, 0.5) is 5.69 Å². The number of fused-ring (bicyclic) bond motifs is 3. The Morgan fingerprint density at radius 1 is 0.872 bits per heavy atom. The summed E-state index contributed by atoms with van der Waals surface area (Å²) in [4.78, 5) is 18.6. The molecule has 6 nitrogen and oxygen atoms in total. The van der Waals surface area contributed by atoms with E-state index >= 15 is 0 Å². The normalized spacial score (nSPS) is 21.9. The Morgan fingerprint density at radius 2 is 1.56 bits per heavy atom. The van der Waals surface area contributed by atoms with Crippen molar-refractivity contribution in [3.05, 3.63) is 131 Å². The fourth-order valence-corrected chi connectivity index (χ4v) is 7.09. The van der Waals surface area contributed by atoms with Crippen molar-refractivity contribution in [2.75, 3.05) is 4.90 Å². The van der Waals surface area contributed by atoms with Crippen LogP contribution in [0.5, 0.6) is 5.75 Å². The Kier molecular flexibility index (Phi) is 6.01. The highest BCUT2D eigenvalue weighted by Crippen LogP contribution is 2.59. The number of hydrogen-bond donors (Lipinski definition) is 0. The number of rotatable bonds is 5. The monoisotopic (exact) mass is 594 g/mol. The minimum absolute atomic E-state index is 0.0524. The number of ether oxygens (including phenoxy) is 1. The second kappa shape index (κ2) is 9.70. The number of carbonyl (C=O) groups is 1. The smallest absolute Gasteiger partial charge is 0.271 e. The Morgan fingerprint density at radius 3 is 2.33 bits per heavy atom. The summed E-state index contributed by atoms with van der Waals surface area (Å²) in [5, 5.41) is 9.42. The zero-order valence-electron chi connectivity index (χ0n) is 20.7. The first-order valence-electron chi connectivity index (χ1n) is 12.7. The maximum atomic E-state index is 13.9. The van der Waals surface area contributed by atoms with Crippen LogP contribution in [0.2, 0.25) is 0 Å². The summed E-state index contributed by atoms with van der Waals surface area (Å²) in [5.41, 5.74) is 2.92. The molecule has 0 bridgehead atoms. The van der Waals surface area contributed by atoms with Gasteiger partial charge in [0.2, 0.25) is 6.10 Å². The van der Waals surface area contributed by atoms with E-state index in [1.54, 1.807) is 16.6 Å². The van der Waals surface area contributed by atoms with E-state index < -0.39 is 11.6 Å². The van der Waals surface area contributed by atoms with E-state index in [1.807, 2.05) is 102 Å². The number of nitrogens with zero attached hydrogens (tertiary/aromatic N) is 4. The number of amides is 1. The molecule has 3 atom stereocenters. The Balaban J connectivity index is 1.38. The third kappa shape index (κ3) is 4.06. The summed E-state index contributed by atoms with van der Waals surface area (Å²) >= 11 is 5.30. The lowest BCUT2D eigenvalue weighted by Gasteiger charge is -2.56. The van der Waals surface area contributed by atoms with Crippen molar-refractivity contribution >= 4 is 39.3 Å². The van der Waals surface area contributed by atoms with Crippen molar-refractivity contribution in [2.24, 2.45) is 0 Å². The summed E-state index contributed by atoms with van der Waals surface area (Å²) in [6.07, 6.45) is 1.75. The van der Waals surface area contributed by atoms with Crippen LogP contribution in [0.15, 0.2) is 125 Å². The topological polar surface area (TPSA) is 60.2 Å². The summed E-state index contributed by atoms with van der Waals surface area (Å²) in [6, 6.07) is 35.8. The highest BCUT2D eigenvalue weighted by Gasteiger charge is 2.65. The first kappa shape index (κ1) is 24.2. The predicted molar refractivity (Wildman–Crippen MR) is 155 cm³/mol. The molecule has 3 heterocycles. The second-order valence-electron chi connectivity index (χ2n) is 9.59. The summed E-state index contributed by atoms with van der Waals surface area (Å²) in [6.45, 7) is 0. The molecule has 5 aromatic rings. The van der Waals surface area contributed by atoms with Gasteiger partial charge >= 0.3 is 0 Å². The molecule has 1 amide bonds. The van der Waals surface area contributed by atoms with Gasteiger partial charge in [-0.25, -0.2) is 0 Å². The van der Waals surface area contributed by atoms with Crippen LogP contribution in [-0.4, -0.2) is 27.0 Å². The van der Waals surface area contributed by atoms with E-state index in [1.165, 1.54) is 0 Å². The standard InChI is InChI=1S/C31H23BrN4O2S/c32-22-17-15-21(16-18-22)31-19-28(25-20-33-36(34-25)23-9-3-1-4-10-23)39-27-14-8-7-13-26(27)35(31)30(37)29(31)38-24-11-5-2-6-12-24/h1-18,20,28-29H,19H2. The molecule has 1 aromatic heterocycles. The third-order valence-corrected chi connectivity index (χ3v) is 9.14. The molecule has 1 saturated heterocycles. The van der Waals surface area contributed by atoms with E-state index in [4.69, 9.17) is 9.84 Å². The molecule has 0 N–H and O–H groups in total. The van der Waals surface area contributed by atoms with Gasteiger partial charge in [0.05, 0.1) is 28.5 Å². The fourth-order valence-electron chi connectivity index (χ4n) is 5.51. The zero-order valence-corrected chi connectivity index (χ0v) is 23.1. The van der Waals surface area contributed by atoms with Gasteiger partial charge in [0.1, 0.15) is 11.3 Å². The van der Waals surface area contributed by atoms with Crippen LogP contribution in [0.3, 0.4) is 0 Å². The van der Waals surface area contributed by atoms with Crippen molar-refractivity contribution in [1.29, 1.82) is 0 Å². The number of carbonyl (C=O) groups excluding carboxylic acids is 1. The van der Waals surface area contributed by atoms with E-state index in [0.29, 0.717) is 12.2 Å². The molecular weight excluding hydrogens is 572 g/mol. The van der Waals surface area contributed by atoms with Gasteiger partial charge in [-0.05, 0) is 60.5 Å². The second-order valence-corrected chi connectivity index (χ2v) is 11.7. The predicted octanol–water partition coefficient (Wildman–Crippen LogP) is 6.96. The largest absolute Gasteiger partial charge is 0.478 e. The number of thioether (sulfide) groups is 1. The minimum Gasteiger partial charge on any atom is -0.478 e. The first-order valence-corrected chi connectivity index (χ1v) is 14.4. The molecule has 0 radical (unpaired) electrons. The minimum atomic E-state index is -0.742. The molecular formula is C31H23BrN4O2S. The van der Waals surface area contributed by atoms with Crippen LogP contribution in [0.25, 0.3) is 5.69 Å². The first-order chi connectivity index (χ1) is 19.1. The molecule has 0 spiro atoms. The zero-order chi connectivity index (χ0) is 26.4. The average molecular weight is 596 g/mol. The van der Waals surface area contributed by atoms with Crippen LogP contribution in [0.1, 0.15) is 22.9 Å². The molecule has 2 aliphatic rings. The molecule has 0 saturated carbocycles. The number of aromatic nitrogens is 3. The molecule has 2 aliphatic heterocycles. The summed E-state index contributed by atoms with van der Waals surface area (Å²) in [5.74, 6) is 0.618. The third-order valence-electron chi connectivity index (χ3n) is 7.32.